The van der Waals surface area contributed by atoms with Gasteiger partial charge >= 0.3 is 5.97 Å². The lowest BCUT2D eigenvalue weighted by molar-refractivity contribution is -0.266. The summed E-state index contributed by atoms with van der Waals surface area (Å²) in [6, 6.07) is 0. The summed E-state index contributed by atoms with van der Waals surface area (Å²) in [4.78, 5) is 13.7. The Labute approximate surface area is 203 Å². The molecule has 0 radical (unpaired) electrons. The molecule has 0 amide bonds. The van der Waals surface area contributed by atoms with E-state index >= 15 is 0 Å². The van der Waals surface area contributed by atoms with Crippen LogP contribution in [0.5, 0.6) is 0 Å². The van der Waals surface area contributed by atoms with Crippen molar-refractivity contribution in [3.63, 3.8) is 0 Å². The lowest BCUT2D eigenvalue weighted by atomic mass is 9.31. The summed E-state index contributed by atoms with van der Waals surface area (Å²) in [5, 5.41) is 21.5. The molecule has 188 valence electrons. The van der Waals surface area contributed by atoms with Gasteiger partial charge < -0.3 is 19.7 Å². The number of hydrogen-bond donors (Lipinski definition) is 2. The highest BCUT2D eigenvalue weighted by Crippen LogP contribution is 2.83. The summed E-state index contributed by atoms with van der Waals surface area (Å²) < 4.78 is 13.5. The molecule has 0 aromatic heterocycles. The zero-order valence-corrected chi connectivity index (χ0v) is 21.5. The van der Waals surface area contributed by atoms with Crippen LogP contribution < -0.4 is 0 Å². The van der Waals surface area contributed by atoms with Crippen molar-refractivity contribution in [2.45, 2.75) is 110 Å². The molecule has 7 fully saturated rings. The van der Waals surface area contributed by atoms with Gasteiger partial charge in [0.05, 0.1) is 17.6 Å². The van der Waals surface area contributed by atoms with Gasteiger partial charge in [-0.1, -0.05) is 41.2 Å². The maximum absolute atomic E-state index is 13.7. The average molecular weight is 471 g/mol. The molecular formula is C29H42O5. The van der Waals surface area contributed by atoms with E-state index in [0.29, 0.717) is 18.3 Å². The van der Waals surface area contributed by atoms with Gasteiger partial charge in [-0.25, -0.2) is 0 Å². The van der Waals surface area contributed by atoms with Crippen LogP contribution in [0, 0.1) is 51.2 Å². The van der Waals surface area contributed by atoms with Crippen LogP contribution in [0.25, 0.3) is 0 Å². The van der Waals surface area contributed by atoms with E-state index in [0.717, 1.165) is 44.1 Å². The Morgan fingerprint density at radius 3 is 2.47 bits per heavy atom. The van der Waals surface area contributed by atoms with Crippen LogP contribution in [0.4, 0.5) is 0 Å². The van der Waals surface area contributed by atoms with Gasteiger partial charge in [0.2, 0.25) is 0 Å². The number of aliphatic hydroxyl groups is 2. The molecule has 0 aromatic carbocycles. The third kappa shape index (κ3) is 2.02. The molecule has 1 unspecified atom stereocenters. The summed E-state index contributed by atoms with van der Waals surface area (Å²) in [7, 11) is 0. The van der Waals surface area contributed by atoms with Crippen molar-refractivity contribution in [2.24, 2.45) is 51.2 Å². The van der Waals surface area contributed by atoms with E-state index in [2.05, 4.69) is 41.2 Å². The Morgan fingerprint density at radius 1 is 1.00 bits per heavy atom. The predicted molar refractivity (Wildman–Crippen MR) is 127 cm³/mol. The molecule has 0 aromatic rings. The van der Waals surface area contributed by atoms with Gasteiger partial charge in [-0.15, -0.1) is 0 Å². The summed E-state index contributed by atoms with van der Waals surface area (Å²) in [6.07, 6.45) is 4.95. The summed E-state index contributed by atoms with van der Waals surface area (Å²) >= 11 is 0. The Hall–Kier alpha value is -0.910. The number of carbonyl (C=O) groups excluding carboxylic acids is 1. The second-order valence-corrected chi connectivity index (χ2v) is 14.3. The first kappa shape index (κ1) is 22.3. The van der Waals surface area contributed by atoms with E-state index in [4.69, 9.17) is 9.47 Å². The standard InChI is InChI=1S/C29H42O5/c1-14-7-10-28-12-11-27(6)26(5)9-8-17-16(3)19(31)18(30)13-25(17,4)22(26)20-23(33-20)29(27,34-24(28)32)21(28)15(14)2/h14-15,17-23,30-31H,3,7-13H2,1-2,4-6H3/t14-,15+,17+,18-,19-,20+,21-,22?,23+,25+,26-,27+,28+,29-/m1/s1. The van der Waals surface area contributed by atoms with E-state index in [1.807, 2.05) is 0 Å². The largest absolute Gasteiger partial charge is 0.455 e. The van der Waals surface area contributed by atoms with Gasteiger partial charge in [0, 0.05) is 11.3 Å². The van der Waals surface area contributed by atoms with Crippen molar-refractivity contribution in [2.75, 3.05) is 0 Å². The first-order valence-electron chi connectivity index (χ1n) is 13.8. The number of epoxide rings is 1. The first-order valence-corrected chi connectivity index (χ1v) is 13.8. The number of aliphatic hydroxyl groups excluding tert-OH is 2. The minimum atomic E-state index is -0.834. The van der Waals surface area contributed by atoms with Crippen LogP contribution in [0.2, 0.25) is 0 Å². The minimum absolute atomic E-state index is 0.0484. The number of ether oxygens (including phenoxy) is 2. The van der Waals surface area contributed by atoms with Crippen LogP contribution in [-0.4, -0.2) is 46.2 Å². The molecule has 2 heterocycles. The van der Waals surface area contributed by atoms with Crippen molar-refractivity contribution >= 4 is 5.97 Å². The molecule has 5 nitrogen and oxygen atoms in total. The fourth-order valence-electron chi connectivity index (χ4n) is 11.7. The SMILES string of the molecule is C=C1[C@@H](O)[C@H](O)C[C@]2(C)C3[C@@H]4O[C@@H]4[C@]45OC(=O)[C@@]6(CC[C@@H](C)[C@H](C)[C@H]64)CC[C@@]5(C)[C@]3(C)CC[C@@H]12. The molecule has 7 rings (SSSR count). The maximum atomic E-state index is 13.7. The second kappa shape index (κ2) is 6.14. The van der Waals surface area contributed by atoms with E-state index in [1.54, 1.807) is 0 Å². The molecule has 1 spiro atoms. The molecule has 2 aliphatic heterocycles. The smallest absolute Gasteiger partial charge is 0.313 e. The second-order valence-electron chi connectivity index (χ2n) is 14.3. The third-order valence-corrected chi connectivity index (χ3v) is 13.7. The van der Waals surface area contributed by atoms with Crippen molar-refractivity contribution in [3.8, 4) is 0 Å². The zero-order chi connectivity index (χ0) is 24.2. The Bertz CT molecular complexity index is 993. The highest BCUT2D eigenvalue weighted by atomic mass is 16.6. The van der Waals surface area contributed by atoms with Crippen molar-refractivity contribution in [1.82, 2.24) is 0 Å². The molecule has 34 heavy (non-hydrogen) atoms. The van der Waals surface area contributed by atoms with Crippen LogP contribution in [0.3, 0.4) is 0 Å². The molecule has 5 aliphatic carbocycles. The number of carbonyl (C=O) groups is 1. The van der Waals surface area contributed by atoms with Gasteiger partial charge in [0.25, 0.3) is 0 Å². The molecular weight excluding hydrogens is 428 g/mol. The Kier molecular flexibility index (Phi) is 4.03. The number of fused-ring (bicyclic) bond motifs is 6. The Morgan fingerprint density at radius 2 is 1.74 bits per heavy atom. The predicted octanol–water partition coefficient (Wildman–Crippen LogP) is 4.25. The molecule has 5 heteroatoms. The van der Waals surface area contributed by atoms with Gasteiger partial charge in [-0.2, -0.15) is 0 Å². The van der Waals surface area contributed by atoms with E-state index in [9.17, 15) is 15.0 Å². The van der Waals surface area contributed by atoms with Crippen LogP contribution in [0.15, 0.2) is 12.2 Å². The molecule has 2 N–H and O–H groups in total. The topological polar surface area (TPSA) is 79.3 Å². The minimum Gasteiger partial charge on any atom is -0.455 e. The van der Waals surface area contributed by atoms with Gasteiger partial charge in [-0.05, 0) is 85.0 Å². The summed E-state index contributed by atoms with van der Waals surface area (Å²) in [6.45, 7) is 16.2. The van der Waals surface area contributed by atoms with Crippen LogP contribution >= 0.6 is 0 Å². The number of rotatable bonds is 0. The lowest BCUT2D eigenvalue weighted by Crippen LogP contribution is -2.75. The van der Waals surface area contributed by atoms with Crippen LogP contribution in [-0.2, 0) is 14.3 Å². The summed E-state index contributed by atoms with van der Waals surface area (Å²) in [5.74, 6) is 1.74. The highest BCUT2D eigenvalue weighted by molar-refractivity contribution is 5.82. The molecule has 2 saturated heterocycles. The average Bonchev–Trinajstić information content (AvgIpc) is 3.52. The van der Waals surface area contributed by atoms with Crippen molar-refractivity contribution < 1.29 is 24.5 Å². The first-order chi connectivity index (χ1) is 15.9. The monoisotopic (exact) mass is 470 g/mol. The Balaban J connectivity index is 1.40. The highest BCUT2D eigenvalue weighted by Gasteiger charge is 2.89. The fraction of sp³-hybridized carbons (Fsp3) is 0.897. The lowest BCUT2D eigenvalue weighted by Gasteiger charge is -2.71. The van der Waals surface area contributed by atoms with E-state index in [1.165, 1.54) is 0 Å². The quantitative estimate of drug-likeness (QED) is 0.314. The number of hydrogen-bond acceptors (Lipinski definition) is 5. The maximum Gasteiger partial charge on any atom is 0.313 e. The zero-order valence-electron chi connectivity index (χ0n) is 21.5. The fourth-order valence-corrected chi connectivity index (χ4v) is 11.7. The van der Waals surface area contributed by atoms with E-state index < -0.39 is 17.8 Å². The van der Waals surface area contributed by atoms with Gasteiger partial charge in [0.15, 0.2) is 5.60 Å². The van der Waals surface area contributed by atoms with Crippen LogP contribution in [0.1, 0.15) is 79.6 Å². The molecule has 2 bridgehead atoms. The van der Waals surface area contributed by atoms with Gasteiger partial charge in [-0.3, -0.25) is 4.79 Å². The van der Waals surface area contributed by atoms with Gasteiger partial charge in [0.1, 0.15) is 12.2 Å². The molecule has 14 atom stereocenters. The normalized spacial score (nSPS) is 65.8. The summed E-state index contributed by atoms with van der Waals surface area (Å²) in [5.41, 5.74) is -0.504. The van der Waals surface area contributed by atoms with Crippen molar-refractivity contribution in [1.29, 1.82) is 0 Å². The molecule has 7 aliphatic rings. The third-order valence-electron chi connectivity index (χ3n) is 13.7. The molecule has 5 saturated carbocycles. The van der Waals surface area contributed by atoms with E-state index in [-0.39, 0.29) is 57.6 Å². The van der Waals surface area contributed by atoms with Crippen molar-refractivity contribution in [3.05, 3.63) is 12.2 Å². The number of esters is 1.